The summed E-state index contributed by atoms with van der Waals surface area (Å²) in [6.45, 7) is 1.45. The van der Waals surface area contributed by atoms with Crippen LogP contribution in [0.1, 0.15) is 35.0 Å². The summed E-state index contributed by atoms with van der Waals surface area (Å²) in [7, 11) is 0. The Morgan fingerprint density at radius 1 is 1.47 bits per heavy atom. The number of alkyl halides is 5. The van der Waals surface area contributed by atoms with E-state index in [-0.39, 0.29) is 10.3 Å². The minimum Gasteiger partial charge on any atom is -0.462 e. The number of hydrogen-bond donors (Lipinski definition) is 0. The van der Waals surface area contributed by atoms with Crippen LogP contribution in [0, 0.1) is 3.70 Å². The minimum absolute atomic E-state index is 0.0278. The fourth-order valence-corrected chi connectivity index (χ4v) is 1.87. The Balaban J connectivity index is 3.41. The van der Waals surface area contributed by atoms with Crippen molar-refractivity contribution in [3.8, 4) is 0 Å². The van der Waals surface area contributed by atoms with Gasteiger partial charge in [-0.15, -0.1) is 0 Å². The zero-order chi connectivity index (χ0) is 14.8. The van der Waals surface area contributed by atoms with E-state index in [0.717, 1.165) is 0 Å². The van der Waals surface area contributed by atoms with Gasteiger partial charge >= 0.3 is 12.1 Å². The van der Waals surface area contributed by atoms with E-state index in [1.807, 2.05) is 0 Å². The lowest BCUT2D eigenvalue weighted by Crippen LogP contribution is -2.17. The van der Waals surface area contributed by atoms with E-state index >= 15 is 0 Å². The van der Waals surface area contributed by atoms with Gasteiger partial charge in [0.05, 0.1) is 12.2 Å². The van der Waals surface area contributed by atoms with Gasteiger partial charge in [0, 0.05) is 5.56 Å². The number of nitrogens with zero attached hydrogens (tertiary/aromatic N) is 1. The number of carbonyl (C=O) groups is 1. The summed E-state index contributed by atoms with van der Waals surface area (Å²) in [6, 6.07) is 0.472. The Morgan fingerprint density at radius 2 is 2.05 bits per heavy atom. The molecule has 0 amide bonds. The molecule has 0 unspecified atom stereocenters. The van der Waals surface area contributed by atoms with Crippen molar-refractivity contribution < 1.29 is 31.5 Å². The van der Waals surface area contributed by atoms with Crippen molar-refractivity contribution in [3.63, 3.8) is 0 Å². The molecule has 0 fully saturated rings. The molecule has 0 aliphatic heterocycles. The van der Waals surface area contributed by atoms with Gasteiger partial charge in [-0.3, -0.25) is 0 Å². The maximum atomic E-state index is 12.6. The van der Waals surface area contributed by atoms with Crippen molar-refractivity contribution in [1.29, 1.82) is 0 Å². The van der Waals surface area contributed by atoms with Crippen LogP contribution in [0.15, 0.2) is 6.07 Å². The molecule has 0 spiro atoms. The molecule has 0 bridgehead atoms. The van der Waals surface area contributed by atoms with Gasteiger partial charge < -0.3 is 4.74 Å². The maximum absolute atomic E-state index is 12.6. The van der Waals surface area contributed by atoms with Crippen LogP contribution < -0.4 is 0 Å². The third-order valence-electron chi connectivity index (χ3n) is 2.00. The molecule has 1 heterocycles. The standard InChI is InChI=1S/C10H7F5INO2/c1-2-19-9(18)5-3-4(7(11)12)6(10(13,14)15)17-8(5)16/h3,7H,2H2,1H3. The van der Waals surface area contributed by atoms with Crippen LogP contribution in [0.5, 0.6) is 0 Å². The predicted molar refractivity (Wildman–Crippen MR) is 62.9 cm³/mol. The van der Waals surface area contributed by atoms with Crippen LogP contribution in [0.3, 0.4) is 0 Å². The fourth-order valence-electron chi connectivity index (χ4n) is 1.25. The number of hydrogen-bond acceptors (Lipinski definition) is 3. The summed E-state index contributed by atoms with van der Waals surface area (Å²) in [6.07, 6.45) is -8.41. The van der Waals surface area contributed by atoms with E-state index in [0.29, 0.717) is 6.07 Å². The van der Waals surface area contributed by atoms with Gasteiger partial charge in [-0.25, -0.2) is 18.6 Å². The molecular formula is C10H7F5INO2. The Hall–Kier alpha value is -1.00. The monoisotopic (exact) mass is 395 g/mol. The third-order valence-corrected chi connectivity index (χ3v) is 2.83. The predicted octanol–water partition coefficient (Wildman–Crippen LogP) is 3.82. The number of aromatic nitrogens is 1. The quantitative estimate of drug-likeness (QED) is 0.338. The summed E-state index contributed by atoms with van der Waals surface area (Å²) in [5.41, 5.74) is -3.44. The lowest BCUT2D eigenvalue weighted by Gasteiger charge is -2.13. The first-order chi connectivity index (χ1) is 8.68. The van der Waals surface area contributed by atoms with E-state index < -0.39 is 35.4 Å². The number of rotatable bonds is 3. The number of ether oxygens (including phenoxy) is 1. The van der Waals surface area contributed by atoms with Crippen LogP contribution in [-0.2, 0) is 10.9 Å². The van der Waals surface area contributed by atoms with E-state index in [1.54, 1.807) is 0 Å². The highest BCUT2D eigenvalue weighted by Gasteiger charge is 2.39. The van der Waals surface area contributed by atoms with Crippen molar-refractivity contribution in [3.05, 3.63) is 26.6 Å². The average molecular weight is 395 g/mol. The zero-order valence-electron chi connectivity index (χ0n) is 9.39. The average Bonchev–Trinajstić information content (AvgIpc) is 2.27. The molecule has 9 heteroatoms. The molecule has 1 aromatic heterocycles. The summed E-state index contributed by atoms with van der Waals surface area (Å²) < 4.78 is 67.1. The molecule has 0 saturated heterocycles. The SMILES string of the molecule is CCOC(=O)c1cc(C(F)F)c(C(F)(F)F)nc1I. The highest BCUT2D eigenvalue weighted by Crippen LogP contribution is 2.36. The molecule has 0 N–H and O–H groups in total. The van der Waals surface area contributed by atoms with Crippen molar-refractivity contribution in [2.75, 3.05) is 6.61 Å². The molecule has 0 aliphatic rings. The van der Waals surface area contributed by atoms with Crippen molar-refractivity contribution in [2.45, 2.75) is 19.5 Å². The van der Waals surface area contributed by atoms with E-state index in [9.17, 15) is 26.7 Å². The van der Waals surface area contributed by atoms with Gasteiger partial charge in [-0.05, 0) is 35.6 Å². The Morgan fingerprint density at radius 3 is 2.47 bits per heavy atom. The van der Waals surface area contributed by atoms with Gasteiger partial charge in [0.2, 0.25) is 0 Å². The summed E-state index contributed by atoms with van der Waals surface area (Å²) in [4.78, 5) is 14.5. The van der Waals surface area contributed by atoms with E-state index in [1.165, 1.54) is 29.5 Å². The molecule has 0 atom stereocenters. The molecule has 3 nitrogen and oxygen atoms in total. The second kappa shape index (κ2) is 5.97. The highest BCUT2D eigenvalue weighted by molar-refractivity contribution is 14.1. The second-order valence-electron chi connectivity index (χ2n) is 3.28. The van der Waals surface area contributed by atoms with Crippen LogP contribution in [0.25, 0.3) is 0 Å². The van der Waals surface area contributed by atoms with E-state index in [2.05, 4.69) is 9.72 Å². The first kappa shape index (κ1) is 16.1. The third kappa shape index (κ3) is 3.74. The first-order valence-electron chi connectivity index (χ1n) is 4.91. The molecule has 0 aromatic carbocycles. The Bertz CT molecular complexity index is 490. The molecule has 19 heavy (non-hydrogen) atoms. The zero-order valence-corrected chi connectivity index (χ0v) is 11.6. The smallest absolute Gasteiger partial charge is 0.433 e. The van der Waals surface area contributed by atoms with Crippen molar-refractivity contribution >= 4 is 28.6 Å². The van der Waals surface area contributed by atoms with Gasteiger partial charge in [-0.2, -0.15) is 13.2 Å². The largest absolute Gasteiger partial charge is 0.462 e. The summed E-state index contributed by atoms with van der Waals surface area (Å²) in [5, 5.41) is 0. The van der Waals surface area contributed by atoms with Crippen LogP contribution in [0.2, 0.25) is 0 Å². The maximum Gasteiger partial charge on any atom is 0.433 e. The minimum atomic E-state index is -5.02. The van der Waals surface area contributed by atoms with Crippen molar-refractivity contribution in [1.82, 2.24) is 4.98 Å². The Labute approximate surface area is 118 Å². The Kier molecular flexibility index (Phi) is 5.04. The fraction of sp³-hybridized carbons (Fsp3) is 0.400. The molecule has 106 valence electrons. The molecular weight excluding hydrogens is 388 g/mol. The van der Waals surface area contributed by atoms with Gasteiger partial charge in [0.15, 0.2) is 5.69 Å². The molecule has 1 rings (SSSR count). The summed E-state index contributed by atoms with van der Waals surface area (Å²) in [5.74, 6) is -0.991. The first-order valence-corrected chi connectivity index (χ1v) is 5.99. The highest BCUT2D eigenvalue weighted by atomic mass is 127. The number of carbonyl (C=O) groups excluding carboxylic acids is 1. The van der Waals surface area contributed by atoms with Gasteiger partial charge in [0.1, 0.15) is 3.70 Å². The summed E-state index contributed by atoms with van der Waals surface area (Å²) >= 11 is 1.36. The van der Waals surface area contributed by atoms with Gasteiger partial charge in [-0.1, -0.05) is 0 Å². The molecule has 0 aliphatic carbocycles. The second-order valence-corrected chi connectivity index (χ2v) is 4.31. The number of halogens is 6. The molecule has 1 aromatic rings. The van der Waals surface area contributed by atoms with Crippen molar-refractivity contribution in [2.24, 2.45) is 0 Å². The lowest BCUT2D eigenvalue weighted by molar-refractivity contribution is -0.143. The number of pyridine rings is 1. The molecule has 0 saturated carbocycles. The van der Waals surface area contributed by atoms with Crippen LogP contribution >= 0.6 is 22.6 Å². The molecule has 0 radical (unpaired) electrons. The topological polar surface area (TPSA) is 39.2 Å². The van der Waals surface area contributed by atoms with E-state index in [4.69, 9.17) is 0 Å². The van der Waals surface area contributed by atoms with Crippen LogP contribution in [-0.4, -0.2) is 17.6 Å². The lowest BCUT2D eigenvalue weighted by atomic mass is 10.1. The van der Waals surface area contributed by atoms with Crippen LogP contribution in [0.4, 0.5) is 22.0 Å². The normalized spacial score (nSPS) is 11.8. The van der Waals surface area contributed by atoms with Gasteiger partial charge in [0.25, 0.3) is 6.43 Å². The number of esters is 1.